The molecular weight excluding hydrogens is 247 g/mol. The third-order valence-electron chi connectivity index (χ3n) is 5.68. The first-order valence-electron chi connectivity index (χ1n) is 9.06. The van der Waals surface area contributed by atoms with Crippen LogP contribution < -0.4 is 0 Å². The van der Waals surface area contributed by atoms with Gasteiger partial charge in [-0.25, -0.2) is 0 Å². The maximum absolute atomic E-state index is 6.41. The largest absolute Gasteiger partial charge is 0.460 e. The molecule has 0 bridgehead atoms. The first-order valence-corrected chi connectivity index (χ1v) is 9.06. The quantitative estimate of drug-likeness (QED) is 0.688. The van der Waals surface area contributed by atoms with Gasteiger partial charge in [0.15, 0.2) is 0 Å². The van der Waals surface area contributed by atoms with Crippen LogP contribution in [0.15, 0.2) is 0 Å². The van der Waals surface area contributed by atoms with Crippen LogP contribution in [0.5, 0.6) is 0 Å². The number of hydrogen-bond acceptors (Lipinski definition) is 2. The van der Waals surface area contributed by atoms with Crippen molar-refractivity contribution >= 4 is 7.12 Å². The molecule has 114 valence electrons. The molecule has 1 heterocycles. The third kappa shape index (κ3) is 3.25. The molecule has 0 amide bonds. The predicted molar refractivity (Wildman–Crippen MR) is 83.7 cm³/mol. The summed E-state index contributed by atoms with van der Waals surface area (Å²) in [5.41, 5.74) is 0. The zero-order valence-corrected chi connectivity index (χ0v) is 13.4. The fraction of sp³-hybridized carbons (Fsp3) is 1.00. The van der Waals surface area contributed by atoms with Crippen LogP contribution in [0.1, 0.15) is 78.1 Å². The van der Waals surface area contributed by atoms with Gasteiger partial charge in [-0.1, -0.05) is 52.4 Å². The highest BCUT2D eigenvalue weighted by Gasteiger charge is 2.47. The summed E-state index contributed by atoms with van der Waals surface area (Å²) in [4.78, 5) is 0. The molecule has 0 aromatic carbocycles. The lowest BCUT2D eigenvalue weighted by molar-refractivity contribution is 0.0324. The molecular formula is C17H31BO2. The molecule has 1 saturated heterocycles. The first-order chi connectivity index (χ1) is 9.75. The van der Waals surface area contributed by atoms with Gasteiger partial charge in [0.25, 0.3) is 0 Å². The molecule has 3 aliphatic rings. The van der Waals surface area contributed by atoms with Gasteiger partial charge in [-0.2, -0.15) is 0 Å². The predicted octanol–water partition coefficient (Wildman–Crippen LogP) is 4.83. The Hall–Kier alpha value is -0.0151. The second-order valence-corrected chi connectivity index (χ2v) is 7.61. The van der Waals surface area contributed by atoms with Crippen LogP contribution in [0.4, 0.5) is 0 Å². The molecule has 2 aliphatic carbocycles. The summed E-state index contributed by atoms with van der Waals surface area (Å²) in [6.45, 7) is 4.46. The van der Waals surface area contributed by atoms with Crippen LogP contribution in [0.25, 0.3) is 0 Å². The molecule has 0 radical (unpaired) electrons. The highest BCUT2D eigenvalue weighted by molar-refractivity contribution is 6.46. The normalized spacial score (nSPS) is 34.0. The first kappa shape index (κ1) is 14.9. The Morgan fingerprint density at radius 2 is 1.10 bits per heavy atom. The summed E-state index contributed by atoms with van der Waals surface area (Å²) in [6.07, 6.45) is 14.7. The molecule has 3 fully saturated rings. The van der Waals surface area contributed by atoms with Crippen molar-refractivity contribution in [2.75, 3.05) is 0 Å². The fourth-order valence-electron chi connectivity index (χ4n) is 4.50. The molecule has 1 aliphatic heterocycles. The van der Waals surface area contributed by atoms with Gasteiger partial charge >= 0.3 is 7.12 Å². The summed E-state index contributed by atoms with van der Waals surface area (Å²) >= 11 is 0. The molecule has 20 heavy (non-hydrogen) atoms. The Bertz CT molecular complexity index is 269. The van der Waals surface area contributed by atoms with E-state index in [1.807, 2.05) is 0 Å². The Kier molecular flexibility index (Phi) is 5.09. The Morgan fingerprint density at radius 3 is 1.45 bits per heavy atom. The van der Waals surface area contributed by atoms with E-state index in [2.05, 4.69) is 13.8 Å². The van der Waals surface area contributed by atoms with Crippen LogP contribution in [0, 0.1) is 11.8 Å². The zero-order valence-electron chi connectivity index (χ0n) is 13.4. The van der Waals surface area contributed by atoms with Crippen LogP contribution in [0.3, 0.4) is 0 Å². The van der Waals surface area contributed by atoms with Gasteiger partial charge in [-0.3, -0.25) is 0 Å². The SMILES string of the molecule is CC(C)B1O[C@H](C2CCCCC2)[C@@H](C2CCCCC2)O1. The molecule has 3 rings (SSSR count). The summed E-state index contributed by atoms with van der Waals surface area (Å²) in [7, 11) is 0.0499. The van der Waals surface area contributed by atoms with Gasteiger partial charge < -0.3 is 9.31 Å². The molecule has 0 N–H and O–H groups in total. The van der Waals surface area contributed by atoms with Crippen molar-refractivity contribution in [3.05, 3.63) is 0 Å². The van der Waals surface area contributed by atoms with Crippen molar-refractivity contribution in [2.24, 2.45) is 11.8 Å². The van der Waals surface area contributed by atoms with E-state index in [9.17, 15) is 0 Å². The lowest BCUT2D eigenvalue weighted by Gasteiger charge is -2.35. The molecule has 0 spiro atoms. The van der Waals surface area contributed by atoms with Gasteiger partial charge in [-0.05, 0) is 43.3 Å². The highest BCUT2D eigenvalue weighted by Crippen LogP contribution is 2.41. The van der Waals surface area contributed by atoms with E-state index in [1.165, 1.54) is 64.2 Å². The third-order valence-corrected chi connectivity index (χ3v) is 5.68. The number of hydrogen-bond donors (Lipinski definition) is 0. The fourth-order valence-corrected chi connectivity index (χ4v) is 4.50. The van der Waals surface area contributed by atoms with Crippen molar-refractivity contribution in [2.45, 2.75) is 96.1 Å². The molecule has 0 unspecified atom stereocenters. The average Bonchev–Trinajstić information content (AvgIpc) is 2.94. The Labute approximate surface area is 125 Å². The smallest absolute Gasteiger partial charge is 0.405 e. The number of rotatable bonds is 3. The van der Waals surface area contributed by atoms with Crippen molar-refractivity contribution in [1.29, 1.82) is 0 Å². The zero-order chi connectivity index (χ0) is 13.9. The van der Waals surface area contributed by atoms with Gasteiger partial charge in [-0.15, -0.1) is 0 Å². The van der Waals surface area contributed by atoms with E-state index in [0.29, 0.717) is 18.0 Å². The van der Waals surface area contributed by atoms with Gasteiger partial charge in [0.2, 0.25) is 0 Å². The van der Waals surface area contributed by atoms with Crippen molar-refractivity contribution in [3.63, 3.8) is 0 Å². The van der Waals surface area contributed by atoms with Crippen molar-refractivity contribution < 1.29 is 9.31 Å². The molecule has 3 heteroatoms. The van der Waals surface area contributed by atoms with E-state index < -0.39 is 0 Å². The van der Waals surface area contributed by atoms with Gasteiger partial charge in [0, 0.05) is 0 Å². The lowest BCUT2D eigenvalue weighted by Crippen LogP contribution is -2.38. The second kappa shape index (κ2) is 6.83. The maximum atomic E-state index is 6.41. The molecule has 2 atom stereocenters. The van der Waals surface area contributed by atoms with E-state index in [-0.39, 0.29) is 7.12 Å². The van der Waals surface area contributed by atoms with E-state index >= 15 is 0 Å². The lowest BCUT2D eigenvalue weighted by atomic mass is 9.75. The maximum Gasteiger partial charge on any atom is 0.460 e. The van der Waals surface area contributed by atoms with E-state index in [4.69, 9.17) is 9.31 Å². The summed E-state index contributed by atoms with van der Waals surface area (Å²) < 4.78 is 12.8. The van der Waals surface area contributed by atoms with Crippen LogP contribution >= 0.6 is 0 Å². The summed E-state index contributed by atoms with van der Waals surface area (Å²) in [5.74, 6) is 2.01. The molecule has 0 aromatic rings. The Balaban J connectivity index is 1.69. The minimum atomic E-state index is 0.0499. The van der Waals surface area contributed by atoms with E-state index in [0.717, 1.165) is 11.8 Å². The van der Waals surface area contributed by atoms with Crippen LogP contribution in [-0.4, -0.2) is 19.3 Å². The average molecular weight is 278 g/mol. The van der Waals surface area contributed by atoms with Crippen molar-refractivity contribution in [1.82, 2.24) is 0 Å². The summed E-state index contributed by atoms with van der Waals surface area (Å²) in [5, 5.41) is 0. The minimum Gasteiger partial charge on any atom is -0.405 e. The molecule has 2 nitrogen and oxygen atoms in total. The summed E-state index contributed by atoms with van der Waals surface area (Å²) in [6, 6.07) is 0. The van der Waals surface area contributed by atoms with Crippen LogP contribution in [0.2, 0.25) is 5.82 Å². The van der Waals surface area contributed by atoms with Crippen LogP contribution in [-0.2, 0) is 9.31 Å². The van der Waals surface area contributed by atoms with Gasteiger partial charge in [0.05, 0.1) is 12.2 Å². The standard InChI is InChI=1S/C17H31BO2/c1-13(2)18-19-16(14-9-5-3-6-10-14)17(20-18)15-11-7-4-8-12-15/h13-17H,3-12H2,1-2H3/t16-,17-/m1/s1. The Morgan fingerprint density at radius 1 is 0.700 bits per heavy atom. The topological polar surface area (TPSA) is 18.5 Å². The minimum absolute atomic E-state index is 0.0499. The molecule has 2 saturated carbocycles. The second-order valence-electron chi connectivity index (χ2n) is 7.61. The van der Waals surface area contributed by atoms with Gasteiger partial charge in [0.1, 0.15) is 0 Å². The van der Waals surface area contributed by atoms with E-state index in [1.54, 1.807) is 0 Å². The molecule has 0 aromatic heterocycles. The van der Waals surface area contributed by atoms with Crippen molar-refractivity contribution in [3.8, 4) is 0 Å². The highest BCUT2D eigenvalue weighted by atomic mass is 16.7. The monoisotopic (exact) mass is 278 g/mol.